The SMILES string of the molecule is CC(O)C=CC1(O)C2(C)CC(O)CC1(C)C(=O)O2. The van der Waals surface area contributed by atoms with Crippen LogP contribution < -0.4 is 0 Å². The maximum Gasteiger partial charge on any atom is 0.315 e. The third-order valence-electron chi connectivity index (χ3n) is 4.30. The van der Waals surface area contributed by atoms with Crippen molar-refractivity contribution in [2.75, 3.05) is 0 Å². The Morgan fingerprint density at radius 3 is 2.56 bits per heavy atom. The second kappa shape index (κ2) is 3.79. The Bertz CT molecular complexity index is 404. The molecule has 5 unspecified atom stereocenters. The van der Waals surface area contributed by atoms with Gasteiger partial charge in [0.25, 0.3) is 0 Å². The van der Waals surface area contributed by atoms with Crippen molar-refractivity contribution in [3.63, 3.8) is 0 Å². The van der Waals surface area contributed by atoms with Gasteiger partial charge in [0, 0.05) is 6.42 Å². The Morgan fingerprint density at radius 1 is 1.44 bits per heavy atom. The number of aliphatic hydroxyl groups excluding tert-OH is 2. The molecular weight excluding hydrogens is 236 g/mol. The van der Waals surface area contributed by atoms with Gasteiger partial charge in [-0.25, -0.2) is 0 Å². The normalized spacial score (nSPS) is 49.4. The molecular formula is C13H20O5. The predicted octanol–water partition coefficient (Wildman–Crippen LogP) is 0.131. The zero-order chi connectivity index (χ0) is 13.8. The first-order valence-electron chi connectivity index (χ1n) is 6.16. The van der Waals surface area contributed by atoms with E-state index in [1.54, 1.807) is 20.8 Å². The summed E-state index contributed by atoms with van der Waals surface area (Å²) in [5.41, 5.74) is -3.83. The molecule has 1 aliphatic carbocycles. The first-order chi connectivity index (χ1) is 8.15. The minimum absolute atomic E-state index is 0.155. The molecule has 2 fully saturated rings. The summed E-state index contributed by atoms with van der Waals surface area (Å²) in [6.07, 6.45) is 1.83. The molecule has 2 aliphatic rings. The monoisotopic (exact) mass is 256 g/mol. The summed E-state index contributed by atoms with van der Waals surface area (Å²) in [6, 6.07) is 0. The van der Waals surface area contributed by atoms with E-state index in [0.717, 1.165) is 0 Å². The summed E-state index contributed by atoms with van der Waals surface area (Å²) in [7, 11) is 0. The quantitative estimate of drug-likeness (QED) is 0.483. The summed E-state index contributed by atoms with van der Waals surface area (Å²) < 4.78 is 5.31. The molecule has 5 atom stereocenters. The Morgan fingerprint density at radius 2 is 2.06 bits per heavy atom. The number of rotatable bonds is 2. The van der Waals surface area contributed by atoms with E-state index in [2.05, 4.69) is 0 Å². The highest BCUT2D eigenvalue weighted by atomic mass is 16.6. The van der Waals surface area contributed by atoms with Crippen molar-refractivity contribution in [3.05, 3.63) is 12.2 Å². The van der Waals surface area contributed by atoms with Crippen LogP contribution in [-0.4, -0.2) is 44.7 Å². The molecule has 0 aromatic rings. The summed E-state index contributed by atoms with van der Waals surface area (Å²) in [4.78, 5) is 12.0. The molecule has 2 bridgehead atoms. The Hall–Kier alpha value is -0.910. The highest BCUT2D eigenvalue weighted by Crippen LogP contribution is 2.58. The van der Waals surface area contributed by atoms with E-state index in [0.29, 0.717) is 0 Å². The summed E-state index contributed by atoms with van der Waals surface area (Å²) in [5, 5.41) is 30.0. The summed E-state index contributed by atoms with van der Waals surface area (Å²) in [5.74, 6) is -0.501. The number of aliphatic hydroxyl groups is 3. The molecule has 2 rings (SSSR count). The van der Waals surface area contributed by atoms with E-state index in [-0.39, 0.29) is 12.8 Å². The third-order valence-corrected chi connectivity index (χ3v) is 4.30. The Kier molecular flexibility index (Phi) is 2.85. The molecule has 18 heavy (non-hydrogen) atoms. The maximum absolute atomic E-state index is 12.0. The van der Waals surface area contributed by atoms with Crippen molar-refractivity contribution in [1.29, 1.82) is 0 Å². The molecule has 5 nitrogen and oxygen atoms in total. The standard InChI is InChI=1S/C13H20O5/c1-8(14)4-5-13(17)11(2)6-9(15)7-12(13,3)18-10(11)16/h4-5,8-9,14-15,17H,6-7H2,1-3H3. The van der Waals surface area contributed by atoms with Crippen LogP contribution >= 0.6 is 0 Å². The average Bonchev–Trinajstić information content (AvgIpc) is 2.31. The van der Waals surface area contributed by atoms with Crippen LogP contribution in [0.5, 0.6) is 0 Å². The topological polar surface area (TPSA) is 87.0 Å². The van der Waals surface area contributed by atoms with Crippen molar-refractivity contribution in [2.45, 2.75) is 57.0 Å². The van der Waals surface area contributed by atoms with E-state index in [9.17, 15) is 20.1 Å². The van der Waals surface area contributed by atoms with Gasteiger partial charge in [-0.05, 0) is 33.3 Å². The number of hydrogen-bond donors (Lipinski definition) is 3. The second-order valence-electron chi connectivity index (χ2n) is 5.88. The van der Waals surface area contributed by atoms with Crippen LogP contribution in [-0.2, 0) is 9.53 Å². The van der Waals surface area contributed by atoms with Crippen molar-refractivity contribution >= 4 is 5.97 Å². The van der Waals surface area contributed by atoms with Gasteiger partial charge in [0.05, 0.1) is 12.2 Å². The lowest BCUT2D eigenvalue weighted by Crippen LogP contribution is -2.61. The summed E-state index contributed by atoms with van der Waals surface area (Å²) >= 11 is 0. The van der Waals surface area contributed by atoms with Crippen LogP contribution in [0, 0.1) is 5.41 Å². The second-order valence-corrected chi connectivity index (χ2v) is 5.88. The Labute approximate surface area is 106 Å². The van der Waals surface area contributed by atoms with Gasteiger partial charge in [-0.3, -0.25) is 4.79 Å². The fourth-order valence-electron chi connectivity index (χ4n) is 3.20. The van der Waals surface area contributed by atoms with Gasteiger partial charge in [0.15, 0.2) is 0 Å². The van der Waals surface area contributed by atoms with Crippen molar-refractivity contribution in [1.82, 2.24) is 0 Å². The van der Waals surface area contributed by atoms with Crippen LogP contribution in [0.3, 0.4) is 0 Å². The van der Waals surface area contributed by atoms with E-state index in [4.69, 9.17) is 4.74 Å². The van der Waals surface area contributed by atoms with E-state index >= 15 is 0 Å². The smallest absolute Gasteiger partial charge is 0.315 e. The molecule has 0 spiro atoms. The fourth-order valence-corrected chi connectivity index (χ4v) is 3.20. The summed E-state index contributed by atoms with van der Waals surface area (Å²) in [6.45, 7) is 4.77. The largest absolute Gasteiger partial charge is 0.455 e. The van der Waals surface area contributed by atoms with Gasteiger partial charge in [-0.1, -0.05) is 6.08 Å². The van der Waals surface area contributed by atoms with Gasteiger partial charge in [-0.2, -0.15) is 0 Å². The first-order valence-corrected chi connectivity index (χ1v) is 6.16. The Balaban J connectivity index is 2.49. The molecule has 0 aromatic carbocycles. The van der Waals surface area contributed by atoms with Crippen LogP contribution in [0.2, 0.25) is 0 Å². The van der Waals surface area contributed by atoms with Gasteiger partial charge >= 0.3 is 5.97 Å². The predicted molar refractivity (Wildman–Crippen MR) is 63.6 cm³/mol. The number of carbonyl (C=O) groups excluding carboxylic acids is 1. The van der Waals surface area contributed by atoms with Gasteiger partial charge in [0.2, 0.25) is 0 Å². The minimum atomic E-state index is -1.51. The molecule has 1 heterocycles. The molecule has 1 saturated heterocycles. The molecule has 0 aromatic heterocycles. The average molecular weight is 256 g/mol. The molecule has 3 N–H and O–H groups in total. The van der Waals surface area contributed by atoms with Gasteiger partial charge in [0.1, 0.15) is 16.6 Å². The zero-order valence-electron chi connectivity index (χ0n) is 10.9. The van der Waals surface area contributed by atoms with Gasteiger partial charge < -0.3 is 20.1 Å². The fraction of sp³-hybridized carbons (Fsp3) is 0.769. The van der Waals surface area contributed by atoms with E-state index in [1.165, 1.54) is 12.2 Å². The number of carbonyl (C=O) groups is 1. The third kappa shape index (κ3) is 1.54. The lowest BCUT2D eigenvalue weighted by Gasteiger charge is -2.47. The number of esters is 1. The van der Waals surface area contributed by atoms with Crippen LogP contribution in [0.4, 0.5) is 0 Å². The molecule has 1 saturated carbocycles. The first kappa shape index (κ1) is 13.5. The van der Waals surface area contributed by atoms with Crippen LogP contribution in [0.25, 0.3) is 0 Å². The van der Waals surface area contributed by atoms with E-state index in [1.807, 2.05) is 0 Å². The van der Waals surface area contributed by atoms with Gasteiger partial charge in [-0.15, -0.1) is 0 Å². The highest BCUT2D eigenvalue weighted by molar-refractivity contribution is 5.83. The number of ether oxygens (including phenoxy) is 1. The number of fused-ring (bicyclic) bond motifs is 2. The lowest BCUT2D eigenvalue weighted by molar-refractivity contribution is -0.156. The minimum Gasteiger partial charge on any atom is -0.455 e. The molecule has 1 aliphatic heterocycles. The lowest BCUT2D eigenvalue weighted by atomic mass is 9.59. The maximum atomic E-state index is 12.0. The number of hydrogen-bond acceptors (Lipinski definition) is 5. The molecule has 0 radical (unpaired) electrons. The van der Waals surface area contributed by atoms with Crippen molar-refractivity contribution < 1.29 is 24.9 Å². The zero-order valence-corrected chi connectivity index (χ0v) is 10.9. The highest BCUT2D eigenvalue weighted by Gasteiger charge is 2.72. The van der Waals surface area contributed by atoms with Crippen molar-refractivity contribution in [3.8, 4) is 0 Å². The van der Waals surface area contributed by atoms with Crippen LogP contribution in [0.15, 0.2) is 12.2 Å². The van der Waals surface area contributed by atoms with Crippen LogP contribution in [0.1, 0.15) is 33.6 Å². The molecule has 102 valence electrons. The van der Waals surface area contributed by atoms with E-state index < -0.39 is 34.8 Å². The van der Waals surface area contributed by atoms with Crippen molar-refractivity contribution in [2.24, 2.45) is 5.41 Å². The molecule has 0 amide bonds. The molecule has 5 heteroatoms.